The molecule has 2 N–H and O–H groups in total. The molecule has 1 saturated heterocycles. The maximum atomic E-state index is 12.6. The number of rotatable bonds is 0. The van der Waals surface area contributed by atoms with E-state index in [2.05, 4.69) is 5.32 Å². The normalized spacial score (nSPS) is 34.3. The summed E-state index contributed by atoms with van der Waals surface area (Å²) in [7, 11) is 0. The van der Waals surface area contributed by atoms with Crippen molar-refractivity contribution in [2.75, 3.05) is 6.79 Å². The van der Waals surface area contributed by atoms with Crippen LogP contribution >= 0.6 is 0 Å². The molecular formula is C17H17NO6. The molecule has 4 atom stereocenters. The number of amides is 1. The van der Waals surface area contributed by atoms with Gasteiger partial charge < -0.3 is 29.4 Å². The van der Waals surface area contributed by atoms with Crippen LogP contribution in [0.3, 0.4) is 0 Å². The molecule has 7 nitrogen and oxygen atoms in total. The number of aromatic hydroxyl groups is 1. The third-order valence-electron chi connectivity index (χ3n) is 4.97. The highest BCUT2D eigenvalue weighted by molar-refractivity contribution is 6.01. The lowest BCUT2D eigenvalue weighted by atomic mass is 9.77. The van der Waals surface area contributed by atoms with Crippen molar-refractivity contribution in [1.82, 2.24) is 5.32 Å². The Hall–Kier alpha value is -2.25. The van der Waals surface area contributed by atoms with Crippen LogP contribution in [0.15, 0.2) is 18.2 Å². The molecule has 1 aromatic rings. The van der Waals surface area contributed by atoms with Crippen LogP contribution in [0.4, 0.5) is 0 Å². The van der Waals surface area contributed by atoms with Crippen molar-refractivity contribution >= 4 is 5.91 Å². The molecule has 3 aliphatic heterocycles. The lowest BCUT2D eigenvalue weighted by Gasteiger charge is -2.39. The summed E-state index contributed by atoms with van der Waals surface area (Å²) in [5.74, 6) is -0.659. The van der Waals surface area contributed by atoms with Gasteiger partial charge >= 0.3 is 0 Å². The number of carbonyl (C=O) groups is 1. The Morgan fingerprint density at radius 2 is 2.08 bits per heavy atom. The van der Waals surface area contributed by atoms with Gasteiger partial charge in [-0.1, -0.05) is 12.2 Å². The number of nitrogens with one attached hydrogen (secondary N) is 1. The van der Waals surface area contributed by atoms with Crippen LogP contribution in [-0.2, 0) is 9.47 Å². The second-order valence-corrected chi connectivity index (χ2v) is 6.90. The van der Waals surface area contributed by atoms with Crippen molar-refractivity contribution in [3.05, 3.63) is 29.3 Å². The molecule has 126 valence electrons. The fraction of sp³-hybridized carbons (Fsp3) is 0.471. The van der Waals surface area contributed by atoms with Crippen LogP contribution in [-0.4, -0.2) is 41.8 Å². The summed E-state index contributed by atoms with van der Waals surface area (Å²) < 4.78 is 22.5. The second-order valence-electron chi connectivity index (χ2n) is 6.90. The lowest BCUT2D eigenvalue weighted by Crippen LogP contribution is -2.55. The molecule has 1 aromatic carbocycles. The zero-order chi connectivity index (χ0) is 16.6. The molecule has 1 fully saturated rings. The van der Waals surface area contributed by atoms with Gasteiger partial charge in [0.15, 0.2) is 17.3 Å². The van der Waals surface area contributed by atoms with Gasteiger partial charge in [-0.05, 0) is 25.5 Å². The number of carbonyl (C=O) groups excluding carboxylic acids is 1. The summed E-state index contributed by atoms with van der Waals surface area (Å²) in [5.41, 5.74) is 0.954. The Kier molecular flexibility index (Phi) is 2.61. The highest BCUT2D eigenvalue weighted by atomic mass is 16.8. The maximum absolute atomic E-state index is 12.6. The monoisotopic (exact) mass is 331 g/mol. The Morgan fingerprint density at radius 3 is 2.92 bits per heavy atom. The smallest absolute Gasteiger partial charge is 0.255 e. The lowest BCUT2D eigenvalue weighted by molar-refractivity contribution is -0.145. The number of benzene rings is 1. The summed E-state index contributed by atoms with van der Waals surface area (Å²) >= 11 is 0. The molecule has 24 heavy (non-hydrogen) atoms. The topological polar surface area (TPSA) is 86.3 Å². The molecule has 0 bridgehead atoms. The van der Waals surface area contributed by atoms with Gasteiger partial charge in [-0.2, -0.15) is 0 Å². The zero-order valence-corrected chi connectivity index (χ0v) is 13.2. The number of hydrogen-bond donors (Lipinski definition) is 2. The van der Waals surface area contributed by atoms with Crippen molar-refractivity contribution in [3.8, 4) is 17.2 Å². The molecule has 0 aromatic heterocycles. The largest absolute Gasteiger partial charge is 0.504 e. The SMILES string of the molecule is CC1(C)O[C@H]2[C@@H]3NC(=O)c4c(cc5c(c4O)OCO5)[C@H]3C=C[C@H]2O1. The van der Waals surface area contributed by atoms with Crippen LogP contribution in [0.1, 0.15) is 35.7 Å². The van der Waals surface area contributed by atoms with Crippen LogP contribution in [0.5, 0.6) is 17.2 Å². The summed E-state index contributed by atoms with van der Waals surface area (Å²) in [4.78, 5) is 12.6. The van der Waals surface area contributed by atoms with Gasteiger partial charge in [0.1, 0.15) is 12.2 Å². The Labute approximate surface area is 138 Å². The van der Waals surface area contributed by atoms with E-state index in [-0.39, 0.29) is 53.9 Å². The second kappa shape index (κ2) is 4.43. The Bertz CT molecular complexity index is 786. The highest BCUT2D eigenvalue weighted by Gasteiger charge is 2.51. The van der Waals surface area contributed by atoms with Gasteiger partial charge in [-0.3, -0.25) is 4.79 Å². The average Bonchev–Trinajstić information content (AvgIpc) is 3.10. The van der Waals surface area contributed by atoms with E-state index in [1.54, 1.807) is 6.07 Å². The van der Waals surface area contributed by atoms with E-state index in [1.165, 1.54) is 0 Å². The summed E-state index contributed by atoms with van der Waals surface area (Å²) in [6.07, 6.45) is 3.48. The number of ether oxygens (including phenoxy) is 4. The van der Waals surface area contributed by atoms with E-state index in [4.69, 9.17) is 18.9 Å². The first-order valence-corrected chi connectivity index (χ1v) is 7.95. The van der Waals surface area contributed by atoms with E-state index < -0.39 is 5.79 Å². The minimum atomic E-state index is -0.698. The first-order valence-electron chi connectivity index (χ1n) is 7.95. The molecular weight excluding hydrogens is 314 g/mol. The fourth-order valence-corrected chi connectivity index (χ4v) is 4.04. The van der Waals surface area contributed by atoms with Crippen LogP contribution in [0, 0.1) is 0 Å². The number of phenolic OH excluding ortho intramolecular Hbond substituents is 1. The van der Waals surface area contributed by atoms with Crippen molar-refractivity contribution in [1.29, 1.82) is 0 Å². The van der Waals surface area contributed by atoms with Gasteiger partial charge in [-0.15, -0.1) is 0 Å². The quantitative estimate of drug-likeness (QED) is 0.699. The molecule has 4 aliphatic rings. The van der Waals surface area contributed by atoms with Gasteiger partial charge in [0.05, 0.1) is 11.6 Å². The Morgan fingerprint density at radius 1 is 1.25 bits per heavy atom. The molecule has 0 spiro atoms. The van der Waals surface area contributed by atoms with E-state index in [1.807, 2.05) is 26.0 Å². The standard InChI is InChI=1S/C17H17NO6/c1-17(2)23-9-4-3-7-8-5-10-15(22-6-21-10)13(19)11(8)16(20)18-12(7)14(9)24-17/h3-5,7,9,12,14,19H,6H2,1-2H3,(H,18,20)/t7-,9-,12-,14-/m1/s1. The van der Waals surface area contributed by atoms with Gasteiger partial charge in [-0.25, -0.2) is 0 Å². The molecule has 5 rings (SSSR count). The van der Waals surface area contributed by atoms with Crippen LogP contribution in [0.2, 0.25) is 0 Å². The molecule has 3 heterocycles. The molecule has 7 heteroatoms. The first-order chi connectivity index (χ1) is 11.4. The van der Waals surface area contributed by atoms with Crippen LogP contribution < -0.4 is 14.8 Å². The molecule has 1 amide bonds. The third-order valence-corrected chi connectivity index (χ3v) is 4.97. The molecule has 0 radical (unpaired) electrons. The molecule has 0 unspecified atom stereocenters. The van der Waals surface area contributed by atoms with Crippen molar-refractivity contribution < 1.29 is 28.8 Å². The first kappa shape index (κ1) is 14.1. The van der Waals surface area contributed by atoms with E-state index in [0.29, 0.717) is 11.3 Å². The molecule has 1 aliphatic carbocycles. The minimum absolute atomic E-state index is 0.0349. The van der Waals surface area contributed by atoms with Crippen molar-refractivity contribution in [2.24, 2.45) is 0 Å². The van der Waals surface area contributed by atoms with Gasteiger partial charge in [0, 0.05) is 5.92 Å². The number of fused-ring (bicyclic) bond motifs is 6. The van der Waals surface area contributed by atoms with E-state index >= 15 is 0 Å². The predicted molar refractivity (Wildman–Crippen MR) is 81.2 cm³/mol. The minimum Gasteiger partial charge on any atom is -0.504 e. The van der Waals surface area contributed by atoms with Crippen LogP contribution in [0.25, 0.3) is 0 Å². The Balaban J connectivity index is 1.64. The third kappa shape index (κ3) is 1.76. The molecule has 0 saturated carbocycles. The van der Waals surface area contributed by atoms with E-state index in [9.17, 15) is 9.90 Å². The van der Waals surface area contributed by atoms with E-state index in [0.717, 1.165) is 0 Å². The summed E-state index contributed by atoms with van der Waals surface area (Å²) in [6.45, 7) is 3.75. The highest BCUT2D eigenvalue weighted by Crippen LogP contribution is 2.50. The summed E-state index contributed by atoms with van der Waals surface area (Å²) in [5, 5.41) is 13.4. The van der Waals surface area contributed by atoms with Gasteiger partial charge in [0.25, 0.3) is 5.91 Å². The number of hydrogen-bond acceptors (Lipinski definition) is 6. The van der Waals surface area contributed by atoms with Crippen molar-refractivity contribution in [2.45, 2.75) is 43.8 Å². The zero-order valence-electron chi connectivity index (χ0n) is 13.2. The summed E-state index contributed by atoms with van der Waals surface area (Å²) in [6, 6.07) is 1.51. The number of phenols is 1. The van der Waals surface area contributed by atoms with Gasteiger partial charge in [0.2, 0.25) is 12.5 Å². The van der Waals surface area contributed by atoms with Crippen molar-refractivity contribution in [3.63, 3.8) is 0 Å². The fourth-order valence-electron chi connectivity index (χ4n) is 4.04. The average molecular weight is 331 g/mol. The predicted octanol–water partition coefficient (Wildman–Crippen LogP) is 1.41. The maximum Gasteiger partial charge on any atom is 0.255 e.